The van der Waals surface area contributed by atoms with Crippen LogP contribution in [0.4, 0.5) is 11.6 Å². The Balaban J connectivity index is 3.07. The van der Waals surface area contributed by atoms with Gasteiger partial charge in [0.25, 0.3) is 0 Å². The summed E-state index contributed by atoms with van der Waals surface area (Å²) in [5.74, 6) is 4.18. The van der Waals surface area contributed by atoms with Crippen LogP contribution in [-0.2, 0) is 0 Å². The number of rotatable bonds is 7. The van der Waals surface area contributed by atoms with Gasteiger partial charge in [0.1, 0.15) is 17.5 Å². The van der Waals surface area contributed by atoms with Crippen molar-refractivity contribution in [3.8, 4) is 0 Å². The lowest BCUT2D eigenvalue weighted by molar-refractivity contribution is 0.745. The minimum atomic E-state index is 0.328. The van der Waals surface area contributed by atoms with Gasteiger partial charge >= 0.3 is 0 Å². The molecular weight excluding hydrogens is 256 g/mol. The first kappa shape index (κ1) is 16.1. The Hall–Kier alpha value is -0.970. The zero-order valence-corrected chi connectivity index (χ0v) is 13.7. The van der Waals surface area contributed by atoms with Crippen LogP contribution in [0, 0.1) is 6.92 Å². The molecule has 0 radical (unpaired) electrons. The molecule has 1 aromatic heterocycles. The summed E-state index contributed by atoms with van der Waals surface area (Å²) in [6.45, 7) is 8.50. The highest BCUT2D eigenvalue weighted by Crippen LogP contribution is 2.24. The molecule has 5 heteroatoms. The van der Waals surface area contributed by atoms with Crippen LogP contribution in [0.1, 0.15) is 44.5 Å². The molecule has 1 unspecified atom stereocenters. The van der Waals surface area contributed by atoms with E-state index in [0.717, 1.165) is 35.2 Å². The van der Waals surface area contributed by atoms with E-state index in [1.165, 1.54) is 0 Å². The van der Waals surface area contributed by atoms with Gasteiger partial charge < -0.3 is 10.6 Å². The first-order chi connectivity index (χ1) is 9.03. The third kappa shape index (κ3) is 4.27. The number of anilines is 2. The molecule has 0 amide bonds. The standard InChI is InChI=1S/C14H26N4S/c1-7-11(8-19-6)16-14-10(4)13(15-5)17-12(18-14)9(2)3/h9,11H,7-8H2,1-6H3,(H2,15,16,17,18). The van der Waals surface area contributed by atoms with Crippen molar-refractivity contribution in [2.24, 2.45) is 0 Å². The molecule has 0 spiro atoms. The molecule has 4 nitrogen and oxygen atoms in total. The van der Waals surface area contributed by atoms with Crippen LogP contribution >= 0.6 is 11.8 Å². The molecule has 19 heavy (non-hydrogen) atoms. The first-order valence-corrected chi connectivity index (χ1v) is 8.24. The van der Waals surface area contributed by atoms with Crippen LogP contribution in [0.25, 0.3) is 0 Å². The van der Waals surface area contributed by atoms with Crippen molar-refractivity contribution in [1.29, 1.82) is 0 Å². The van der Waals surface area contributed by atoms with Gasteiger partial charge in [0.15, 0.2) is 0 Å². The highest BCUT2D eigenvalue weighted by atomic mass is 32.2. The van der Waals surface area contributed by atoms with Gasteiger partial charge in [0, 0.05) is 30.3 Å². The molecule has 0 saturated heterocycles. The summed E-state index contributed by atoms with van der Waals surface area (Å²) in [6.07, 6.45) is 3.23. The Kier molecular flexibility index (Phi) is 6.42. The summed E-state index contributed by atoms with van der Waals surface area (Å²) in [4.78, 5) is 9.24. The Morgan fingerprint density at radius 2 is 1.84 bits per heavy atom. The van der Waals surface area contributed by atoms with E-state index in [-0.39, 0.29) is 0 Å². The fourth-order valence-corrected chi connectivity index (χ4v) is 2.55. The third-order valence-corrected chi connectivity index (χ3v) is 3.85. The molecular formula is C14H26N4S. The van der Waals surface area contributed by atoms with Gasteiger partial charge in [-0.2, -0.15) is 11.8 Å². The van der Waals surface area contributed by atoms with Crippen LogP contribution in [0.3, 0.4) is 0 Å². The van der Waals surface area contributed by atoms with Gasteiger partial charge in [-0.05, 0) is 19.6 Å². The maximum Gasteiger partial charge on any atom is 0.135 e. The maximum absolute atomic E-state index is 4.68. The molecule has 1 rings (SSSR count). The molecule has 108 valence electrons. The summed E-state index contributed by atoms with van der Waals surface area (Å²) >= 11 is 1.86. The Bertz CT molecular complexity index is 407. The minimum absolute atomic E-state index is 0.328. The van der Waals surface area contributed by atoms with E-state index in [4.69, 9.17) is 0 Å². The molecule has 0 saturated carbocycles. The van der Waals surface area contributed by atoms with E-state index >= 15 is 0 Å². The predicted molar refractivity (Wildman–Crippen MR) is 86.5 cm³/mol. The van der Waals surface area contributed by atoms with Crippen molar-refractivity contribution in [1.82, 2.24) is 9.97 Å². The van der Waals surface area contributed by atoms with Crippen LogP contribution in [0.5, 0.6) is 0 Å². The summed E-state index contributed by atoms with van der Waals surface area (Å²) in [5.41, 5.74) is 1.09. The Morgan fingerprint density at radius 1 is 1.21 bits per heavy atom. The van der Waals surface area contributed by atoms with Gasteiger partial charge in [-0.1, -0.05) is 20.8 Å². The average molecular weight is 282 g/mol. The predicted octanol–water partition coefficient (Wildman–Crippen LogP) is 3.50. The highest BCUT2D eigenvalue weighted by molar-refractivity contribution is 7.98. The van der Waals surface area contributed by atoms with Gasteiger partial charge in [0.2, 0.25) is 0 Å². The lowest BCUT2D eigenvalue weighted by Gasteiger charge is -2.20. The van der Waals surface area contributed by atoms with Crippen molar-refractivity contribution in [3.05, 3.63) is 11.4 Å². The van der Waals surface area contributed by atoms with Gasteiger partial charge in [-0.15, -0.1) is 0 Å². The summed E-state index contributed by atoms with van der Waals surface area (Å²) in [5, 5.41) is 6.71. The van der Waals surface area contributed by atoms with E-state index in [1.54, 1.807) is 0 Å². The van der Waals surface area contributed by atoms with Crippen LogP contribution in [0.15, 0.2) is 0 Å². The SMILES string of the molecule is CCC(CSC)Nc1nc(C(C)C)nc(NC)c1C. The number of hydrogen-bond acceptors (Lipinski definition) is 5. The Labute approximate surface area is 121 Å². The quantitative estimate of drug-likeness (QED) is 0.801. The molecule has 0 aliphatic heterocycles. The van der Waals surface area contributed by atoms with Gasteiger partial charge in [-0.3, -0.25) is 0 Å². The van der Waals surface area contributed by atoms with Crippen molar-refractivity contribution in [2.45, 2.75) is 46.1 Å². The molecule has 0 aromatic carbocycles. The van der Waals surface area contributed by atoms with Crippen molar-refractivity contribution in [3.63, 3.8) is 0 Å². The molecule has 0 fully saturated rings. The number of hydrogen-bond donors (Lipinski definition) is 2. The lowest BCUT2D eigenvalue weighted by Crippen LogP contribution is -2.23. The largest absolute Gasteiger partial charge is 0.373 e. The van der Waals surface area contributed by atoms with Gasteiger partial charge in [-0.25, -0.2) is 9.97 Å². The maximum atomic E-state index is 4.68. The molecule has 0 aliphatic rings. The topological polar surface area (TPSA) is 49.8 Å². The van der Waals surface area contributed by atoms with Crippen LogP contribution in [-0.4, -0.2) is 35.1 Å². The molecule has 2 N–H and O–H groups in total. The van der Waals surface area contributed by atoms with E-state index in [2.05, 4.69) is 54.6 Å². The molecule has 0 aliphatic carbocycles. The molecule has 0 bridgehead atoms. The minimum Gasteiger partial charge on any atom is -0.373 e. The second-order valence-corrected chi connectivity index (χ2v) is 5.92. The third-order valence-electron chi connectivity index (χ3n) is 3.12. The molecule has 1 heterocycles. The normalized spacial score (nSPS) is 12.6. The zero-order chi connectivity index (χ0) is 14.4. The second kappa shape index (κ2) is 7.58. The van der Waals surface area contributed by atoms with E-state index in [1.807, 2.05) is 18.8 Å². The lowest BCUT2D eigenvalue weighted by atomic mass is 10.2. The van der Waals surface area contributed by atoms with E-state index in [9.17, 15) is 0 Å². The fourth-order valence-electron chi connectivity index (χ4n) is 1.83. The molecule has 1 atom stereocenters. The number of thioether (sulfide) groups is 1. The average Bonchev–Trinajstić information content (AvgIpc) is 2.39. The highest BCUT2D eigenvalue weighted by Gasteiger charge is 2.14. The summed E-state index contributed by atoms with van der Waals surface area (Å²) in [6, 6.07) is 0.452. The monoisotopic (exact) mass is 282 g/mol. The van der Waals surface area contributed by atoms with Crippen molar-refractivity contribution >= 4 is 23.4 Å². The van der Waals surface area contributed by atoms with Crippen LogP contribution in [0.2, 0.25) is 0 Å². The fraction of sp³-hybridized carbons (Fsp3) is 0.714. The summed E-state index contributed by atoms with van der Waals surface area (Å²) in [7, 11) is 1.91. The Morgan fingerprint density at radius 3 is 2.32 bits per heavy atom. The van der Waals surface area contributed by atoms with Crippen LogP contribution < -0.4 is 10.6 Å². The molecule has 1 aromatic rings. The second-order valence-electron chi connectivity index (χ2n) is 5.01. The first-order valence-electron chi connectivity index (χ1n) is 6.85. The van der Waals surface area contributed by atoms with Gasteiger partial charge in [0.05, 0.1) is 0 Å². The number of nitrogens with zero attached hydrogens (tertiary/aromatic N) is 2. The zero-order valence-electron chi connectivity index (χ0n) is 12.9. The van der Waals surface area contributed by atoms with E-state index < -0.39 is 0 Å². The van der Waals surface area contributed by atoms with Crippen molar-refractivity contribution in [2.75, 3.05) is 29.7 Å². The number of aromatic nitrogens is 2. The smallest absolute Gasteiger partial charge is 0.135 e. The number of nitrogens with one attached hydrogen (secondary N) is 2. The van der Waals surface area contributed by atoms with E-state index in [0.29, 0.717) is 12.0 Å². The summed E-state index contributed by atoms with van der Waals surface area (Å²) < 4.78 is 0. The van der Waals surface area contributed by atoms with Crippen molar-refractivity contribution < 1.29 is 0 Å².